The Morgan fingerprint density at radius 1 is 1.09 bits per heavy atom. The second-order valence-electron chi connectivity index (χ2n) is 9.18. The summed E-state index contributed by atoms with van der Waals surface area (Å²) in [4.78, 5) is 26.0. The van der Waals surface area contributed by atoms with Gasteiger partial charge in [0.15, 0.2) is 0 Å². The van der Waals surface area contributed by atoms with Crippen LogP contribution in [0.5, 0.6) is 5.75 Å². The number of amides is 1. The number of hydrogen-bond acceptors (Lipinski definition) is 3. The molecule has 0 radical (unpaired) electrons. The highest BCUT2D eigenvalue weighted by atomic mass is 19.1. The van der Waals surface area contributed by atoms with E-state index in [4.69, 9.17) is 4.74 Å². The molecule has 1 N–H and O–H groups in total. The number of aliphatic carboxylic acids is 1. The molecular formula is C28H28FNO4. The lowest BCUT2D eigenvalue weighted by molar-refractivity contribution is -0.137. The number of nitrogens with zero attached hydrogens (tertiary/aromatic N) is 1. The van der Waals surface area contributed by atoms with Gasteiger partial charge in [0, 0.05) is 24.9 Å². The number of carboxylic acid groups (broad SMARTS) is 1. The largest absolute Gasteiger partial charge is 0.487 e. The third kappa shape index (κ3) is 5.45. The molecule has 0 aromatic heterocycles. The zero-order chi connectivity index (χ0) is 24.3. The third-order valence-electron chi connectivity index (χ3n) is 6.12. The zero-order valence-electron chi connectivity index (χ0n) is 19.4. The van der Waals surface area contributed by atoms with Gasteiger partial charge in [0.2, 0.25) is 0 Å². The summed E-state index contributed by atoms with van der Waals surface area (Å²) in [6.07, 6.45) is 1.49. The van der Waals surface area contributed by atoms with Gasteiger partial charge < -0.3 is 14.7 Å². The first kappa shape index (κ1) is 23.5. The number of ether oxygens (including phenoxy) is 1. The van der Waals surface area contributed by atoms with E-state index in [1.165, 1.54) is 11.0 Å². The minimum atomic E-state index is -1.06. The number of carboxylic acids is 1. The summed E-state index contributed by atoms with van der Waals surface area (Å²) >= 11 is 0. The zero-order valence-corrected chi connectivity index (χ0v) is 19.4. The Hall–Kier alpha value is -3.67. The lowest BCUT2D eigenvalue weighted by Gasteiger charge is -2.24. The topological polar surface area (TPSA) is 66.8 Å². The van der Waals surface area contributed by atoms with Crippen LogP contribution in [0.15, 0.2) is 66.7 Å². The van der Waals surface area contributed by atoms with Gasteiger partial charge in [-0.1, -0.05) is 48.0 Å². The van der Waals surface area contributed by atoms with Gasteiger partial charge in [-0.25, -0.2) is 4.39 Å². The fourth-order valence-electron chi connectivity index (χ4n) is 4.53. The van der Waals surface area contributed by atoms with E-state index >= 15 is 0 Å². The van der Waals surface area contributed by atoms with E-state index in [1.54, 1.807) is 36.4 Å². The highest BCUT2D eigenvalue weighted by Crippen LogP contribution is 2.38. The number of fused-ring (bicyclic) bond motifs is 1. The molecule has 1 atom stereocenters. The summed E-state index contributed by atoms with van der Waals surface area (Å²) in [5, 5.41) is 9.36. The molecule has 34 heavy (non-hydrogen) atoms. The van der Waals surface area contributed by atoms with E-state index in [-0.39, 0.29) is 18.3 Å². The fourth-order valence-corrected chi connectivity index (χ4v) is 4.53. The molecule has 4 rings (SSSR count). The molecule has 176 valence electrons. The van der Waals surface area contributed by atoms with Crippen molar-refractivity contribution in [3.8, 4) is 5.75 Å². The first-order chi connectivity index (χ1) is 16.2. The van der Waals surface area contributed by atoms with E-state index in [1.807, 2.05) is 38.1 Å². The van der Waals surface area contributed by atoms with Crippen LogP contribution in [0.2, 0.25) is 0 Å². The first-order valence-electron chi connectivity index (χ1n) is 11.3. The van der Waals surface area contributed by atoms with E-state index in [0.717, 1.165) is 16.7 Å². The van der Waals surface area contributed by atoms with Crippen molar-refractivity contribution in [1.29, 1.82) is 0 Å². The van der Waals surface area contributed by atoms with Crippen molar-refractivity contribution >= 4 is 11.9 Å². The van der Waals surface area contributed by atoms with E-state index in [9.17, 15) is 19.1 Å². The molecule has 0 spiro atoms. The molecule has 5 nitrogen and oxygen atoms in total. The number of aryl methyl sites for hydroxylation is 1. The Labute approximate surface area is 198 Å². The quantitative estimate of drug-likeness (QED) is 0.521. The number of halogens is 1. The Morgan fingerprint density at radius 3 is 2.62 bits per heavy atom. The molecule has 0 aliphatic carbocycles. The van der Waals surface area contributed by atoms with Gasteiger partial charge in [0.05, 0.1) is 0 Å². The Bertz CT molecular complexity index is 1220. The summed E-state index contributed by atoms with van der Waals surface area (Å²) in [5.41, 5.74) is 3.40. The lowest BCUT2D eigenvalue weighted by atomic mass is 9.91. The molecule has 1 amide bonds. The predicted octanol–water partition coefficient (Wildman–Crippen LogP) is 4.84. The number of carbonyl (C=O) groups is 2. The average Bonchev–Trinajstić information content (AvgIpc) is 3.12. The van der Waals surface area contributed by atoms with Crippen LogP contribution in [0.4, 0.5) is 4.39 Å². The Balaban J connectivity index is 1.49. The van der Waals surface area contributed by atoms with Crippen molar-refractivity contribution in [1.82, 2.24) is 4.90 Å². The molecule has 6 heteroatoms. The monoisotopic (exact) mass is 461 g/mol. The molecule has 0 saturated heterocycles. The summed E-state index contributed by atoms with van der Waals surface area (Å²) in [6, 6.07) is 19.8. The lowest BCUT2D eigenvalue weighted by Crippen LogP contribution is -2.37. The maximum atomic E-state index is 14.2. The minimum absolute atomic E-state index is 0.267. The van der Waals surface area contributed by atoms with Crippen molar-refractivity contribution in [2.45, 2.75) is 38.7 Å². The second kappa shape index (κ2) is 9.67. The Kier molecular flexibility index (Phi) is 6.68. The molecule has 1 aliphatic heterocycles. The molecule has 0 saturated carbocycles. The fraction of sp³-hybridized carbons (Fsp3) is 0.286. The van der Waals surface area contributed by atoms with Gasteiger partial charge in [-0.15, -0.1) is 0 Å². The molecule has 1 aliphatic rings. The SMILES string of the molecule is Cc1cccc(CCN(CC(=O)O)C(=O)c2ccc3c(c2)C[C@@](C)(Cc2ccccc2F)O3)c1. The predicted molar refractivity (Wildman–Crippen MR) is 128 cm³/mol. The van der Waals surface area contributed by atoms with E-state index in [2.05, 4.69) is 0 Å². The van der Waals surface area contributed by atoms with Gasteiger partial charge in [-0.2, -0.15) is 0 Å². The summed E-state index contributed by atoms with van der Waals surface area (Å²) in [7, 11) is 0. The van der Waals surface area contributed by atoms with Crippen LogP contribution in [0.1, 0.15) is 39.5 Å². The summed E-state index contributed by atoms with van der Waals surface area (Å²) < 4.78 is 20.3. The molecule has 3 aromatic carbocycles. The van der Waals surface area contributed by atoms with Gasteiger partial charge in [-0.3, -0.25) is 9.59 Å². The molecular weight excluding hydrogens is 433 g/mol. The summed E-state index contributed by atoms with van der Waals surface area (Å²) in [6.45, 7) is 3.85. The standard InChI is InChI=1S/C28H28FNO4/c1-19-6-5-7-20(14-19)12-13-30(18-26(31)32)27(33)21-10-11-25-23(15-21)17-28(2,34-25)16-22-8-3-4-9-24(22)29/h3-11,14-15H,12-13,16-18H2,1-2H3,(H,31,32)/t28-/m1/s1. The van der Waals surface area contributed by atoms with Crippen molar-refractivity contribution in [3.05, 3.63) is 100 Å². The van der Waals surface area contributed by atoms with Crippen LogP contribution >= 0.6 is 0 Å². The van der Waals surface area contributed by atoms with Crippen molar-refractivity contribution in [2.24, 2.45) is 0 Å². The molecule has 0 bridgehead atoms. The van der Waals surface area contributed by atoms with Crippen molar-refractivity contribution < 1.29 is 23.8 Å². The van der Waals surface area contributed by atoms with Crippen molar-refractivity contribution in [2.75, 3.05) is 13.1 Å². The van der Waals surface area contributed by atoms with Gasteiger partial charge in [0.1, 0.15) is 23.7 Å². The van der Waals surface area contributed by atoms with Gasteiger partial charge in [-0.05, 0) is 61.2 Å². The number of benzene rings is 3. The van der Waals surface area contributed by atoms with Gasteiger partial charge >= 0.3 is 5.97 Å². The highest BCUT2D eigenvalue weighted by Gasteiger charge is 2.36. The third-order valence-corrected chi connectivity index (χ3v) is 6.12. The number of carbonyl (C=O) groups excluding carboxylic acids is 1. The number of hydrogen-bond donors (Lipinski definition) is 1. The van der Waals surface area contributed by atoms with Crippen LogP contribution in [0.25, 0.3) is 0 Å². The minimum Gasteiger partial charge on any atom is -0.487 e. The number of rotatable bonds is 8. The maximum Gasteiger partial charge on any atom is 0.323 e. The molecule has 0 unspecified atom stereocenters. The normalized spacial score (nSPS) is 16.6. The first-order valence-corrected chi connectivity index (χ1v) is 11.3. The van der Waals surface area contributed by atoms with Crippen LogP contribution in [0, 0.1) is 12.7 Å². The second-order valence-corrected chi connectivity index (χ2v) is 9.18. The van der Waals surface area contributed by atoms with Crippen molar-refractivity contribution in [3.63, 3.8) is 0 Å². The van der Waals surface area contributed by atoms with E-state index < -0.39 is 11.6 Å². The average molecular weight is 462 g/mol. The molecule has 0 fully saturated rings. The molecule has 3 aromatic rings. The van der Waals surface area contributed by atoms with Crippen LogP contribution < -0.4 is 4.74 Å². The van der Waals surface area contributed by atoms with Crippen LogP contribution in [-0.4, -0.2) is 40.6 Å². The van der Waals surface area contributed by atoms with Gasteiger partial charge in [0.25, 0.3) is 5.91 Å². The van der Waals surface area contributed by atoms with E-state index in [0.29, 0.717) is 42.7 Å². The van der Waals surface area contributed by atoms with Crippen LogP contribution in [0.3, 0.4) is 0 Å². The summed E-state index contributed by atoms with van der Waals surface area (Å²) in [5.74, 6) is -0.989. The smallest absolute Gasteiger partial charge is 0.323 e. The van der Waals surface area contributed by atoms with Crippen LogP contribution in [-0.2, 0) is 24.1 Å². The maximum absolute atomic E-state index is 14.2. The Morgan fingerprint density at radius 2 is 1.88 bits per heavy atom. The molecule has 1 heterocycles. The highest BCUT2D eigenvalue weighted by molar-refractivity contribution is 5.96.